The molecule has 2 bridgehead atoms. The molecule has 1 aromatic heterocycles. The van der Waals surface area contributed by atoms with E-state index < -0.39 is 0 Å². The maximum Gasteiger partial charge on any atom is 0.145 e. The van der Waals surface area contributed by atoms with Crippen LogP contribution in [0.4, 0.5) is 0 Å². The zero-order valence-electron chi connectivity index (χ0n) is 15.9. The lowest BCUT2D eigenvalue weighted by molar-refractivity contribution is 0.0926. The molecule has 3 nitrogen and oxygen atoms in total. The van der Waals surface area contributed by atoms with Crippen molar-refractivity contribution in [3.8, 4) is 5.75 Å². The molecule has 27 heavy (non-hydrogen) atoms. The van der Waals surface area contributed by atoms with Crippen molar-refractivity contribution >= 4 is 10.9 Å². The predicted molar refractivity (Wildman–Crippen MR) is 109 cm³/mol. The number of benzene rings is 2. The minimum Gasteiger partial charge on any atom is -0.494 e. The first-order chi connectivity index (χ1) is 13.3. The molecule has 1 aliphatic carbocycles. The van der Waals surface area contributed by atoms with Gasteiger partial charge in [-0.05, 0) is 54.9 Å². The Morgan fingerprint density at radius 1 is 0.963 bits per heavy atom. The van der Waals surface area contributed by atoms with Gasteiger partial charge in [-0.15, -0.1) is 0 Å². The van der Waals surface area contributed by atoms with Gasteiger partial charge in [0.1, 0.15) is 11.3 Å². The standard InChI is InChI=1S/C24H26N2O/c1-27-23-8-4-7-18-10-11-21(25-24(18)23)16-26-15-17-9-12-22(26)14-20-6-3-2-5-19(20)13-17/h2-8,10-11,17,22H,9,12-16H2,1H3/t17-,22+/m1/s1. The van der Waals surface area contributed by atoms with Crippen LogP contribution in [0.2, 0.25) is 0 Å². The van der Waals surface area contributed by atoms with Crippen molar-refractivity contribution in [2.45, 2.75) is 38.3 Å². The summed E-state index contributed by atoms with van der Waals surface area (Å²) in [5.74, 6) is 1.62. The smallest absolute Gasteiger partial charge is 0.145 e. The molecule has 2 atom stereocenters. The Morgan fingerprint density at radius 2 is 1.81 bits per heavy atom. The fraction of sp³-hybridized carbons (Fsp3) is 0.375. The second-order valence-corrected chi connectivity index (χ2v) is 8.04. The van der Waals surface area contributed by atoms with Gasteiger partial charge in [0.25, 0.3) is 0 Å². The number of ether oxygens (including phenoxy) is 1. The van der Waals surface area contributed by atoms with Crippen LogP contribution in [0.15, 0.2) is 54.6 Å². The molecule has 3 heterocycles. The van der Waals surface area contributed by atoms with Gasteiger partial charge in [-0.2, -0.15) is 0 Å². The minimum atomic E-state index is 0.623. The molecule has 3 aliphatic rings. The van der Waals surface area contributed by atoms with Crippen LogP contribution in [0.1, 0.15) is 29.7 Å². The average Bonchev–Trinajstić information content (AvgIpc) is 2.68. The van der Waals surface area contributed by atoms with Crippen LogP contribution >= 0.6 is 0 Å². The first kappa shape index (κ1) is 16.8. The van der Waals surface area contributed by atoms with Crippen molar-refractivity contribution in [3.05, 3.63) is 71.4 Å². The second kappa shape index (κ2) is 6.97. The van der Waals surface area contributed by atoms with Gasteiger partial charge in [-0.3, -0.25) is 4.90 Å². The highest BCUT2D eigenvalue weighted by Crippen LogP contribution is 2.33. The van der Waals surface area contributed by atoms with E-state index in [1.54, 1.807) is 18.2 Å². The topological polar surface area (TPSA) is 25.4 Å². The van der Waals surface area contributed by atoms with E-state index in [1.807, 2.05) is 12.1 Å². The summed E-state index contributed by atoms with van der Waals surface area (Å²) in [5.41, 5.74) is 5.23. The maximum absolute atomic E-state index is 5.52. The van der Waals surface area contributed by atoms with Gasteiger partial charge < -0.3 is 4.74 Å². The molecule has 0 radical (unpaired) electrons. The van der Waals surface area contributed by atoms with Crippen molar-refractivity contribution in [2.75, 3.05) is 13.7 Å². The van der Waals surface area contributed by atoms with Gasteiger partial charge in [0.15, 0.2) is 0 Å². The molecule has 0 spiro atoms. The highest BCUT2D eigenvalue weighted by atomic mass is 16.5. The van der Waals surface area contributed by atoms with Crippen LogP contribution in [-0.4, -0.2) is 29.6 Å². The highest BCUT2D eigenvalue weighted by Gasteiger charge is 2.32. The third-order valence-corrected chi connectivity index (χ3v) is 6.33. The molecule has 0 N–H and O–H groups in total. The Bertz CT molecular complexity index is 968. The largest absolute Gasteiger partial charge is 0.494 e. The van der Waals surface area contributed by atoms with E-state index in [0.717, 1.165) is 34.8 Å². The number of pyridine rings is 1. The summed E-state index contributed by atoms with van der Waals surface area (Å²) in [7, 11) is 1.72. The van der Waals surface area contributed by atoms with E-state index in [2.05, 4.69) is 47.4 Å². The van der Waals surface area contributed by atoms with Crippen LogP contribution in [0, 0.1) is 5.92 Å². The number of piperidine rings is 1. The van der Waals surface area contributed by atoms with Gasteiger partial charge in [-0.1, -0.05) is 42.5 Å². The quantitative estimate of drug-likeness (QED) is 0.683. The van der Waals surface area contributed by atoms with E-state index in [0.29, 0.717) is 6.04 Å². The fourth-order valence-electron chi connectivity index (χ4n) is 4.92. The summed E-state index contributed by atoms with van der Waals surface area (Å²) >= 11 is 0. The number of para-hydroxylation sites is 1. The van der Waals surface area contributed by atoms with Crippen LogP contribution in [0.25, 0.3) is 10.9 Å². The first-order valence-electron chi connectivity index (χ1n) is 10.0. The van der Waals surface area contributed by atoms with Gasteiger partial charge >= 0.3 is 0 Å². The fourth-order valence-corrected chi connectivity index (χ4v) is 4.92. The van der Waals surface area contributed by atoms with E-state index in [4.69, 9.17) is 9.72 Å². The lowest BCUT2D eigenvalue weighted by atomic mass is 9.80. The van der Waals surface area contributed by atoms with E-state index >= 15 is 0 Å². The normalized spacial score (nSPS) is 22.3. The van der Waals surface area contributed by atoms with Crippen LogP contribution in [0.5, 0.6) is 5.75 Å². The lowest BCUT2D eigenvalue weighted by Gasteiger charge is -2.42. The summed E-state index contributed by atoms with van der Waals surface area (Å²) in [4.78, 5) is 7.63. The Balaban J connectivity index is 1.43. The SMILES string of the molecule is COc1cccc2ccc(CN3C[C@@H]4CC[C@H]3Cc3ccccc3C4)nc12. The molecule has 0 saturated carbocycles. The molecule has 1 saturated heterocycles. The molecule has 1 fully saturated rings. The van der Waals surface area contributed by atoms with Gasteiger partial charge in [0.05, 0.1) is 12.8 Å². The van der Waals surface area contributed by atoms with Crippen molar-refractivity contribution < 1.29 is 4.74 Å². The van der Waals surface area contributed by atoms with E-state index in [9.17, 15) is 0 Å². The van der Waals surface area contributed by atoms with E-state index in [-0.39, 0.29) is 0 Å². The highest BCUT2D eigenvalue weighted by molar-refractivity contribution is 5.84. The third-order valence-electron chi connectivity index (χ3n) is 6.33. The summed E-state index contributed by atoms with van der Waals surface area (Å²) in [6.45, 7) is 2.11. The van der Waals surface area contributed by atoms with E-state index in [1.165, 1.54) is 32.2 Å². The third kappa shape index (κ3) is 3.21. The van der Waals surface area contributed by atoms with Crippen LogP contribution in [0.3, 0.4) is 0 Å². The summed E-state index contributed by atoms with van der Waals surface area (Å²) < 4.78 is 5.52. The monoisotopic (exact) mass is 358 g/mol. The second-order valence-electron chi connectivity index (χ2n) is 8.04. The number of hydrogen-bond acceptors (Lipinski definition) is 3. The number of hydrogen-bond donors (Lipinski definition) is 0. The zero-order valence-corrected chi connectivity index (χ0v) is 15.9. The van der Waals surface area contributed by atoms with Crippen LogP contribution in [-0.2, 0) is 19.4 Å². The average molecular weight is 358 g/mol. The number of rotatable bonds is 3. The van der Waals surface area contributed by atoms with Gasteiger partial charge in [0, 0.05) is 24.5 Å². The molecular weight excluding hydrogens is 332 g/mol. The van der Waals surface area contributed by atoms with Crippen molar-refractivity contribution in [3.63, 3.8) is 0 Å². The summed E-state index contributed by atoms with van der Waals surface area (Å²) in [6.07, 6.45) is 5.04. The molecule has 3 aromatic rings. The minimum absolute atomic E-state index is 0.623. The Labute approximate surface area is 161 Å². The van der Waals surface area contributed by atoms with Crippen molar-refractivity contribution in [1.82, 2.24) is 9.88 Å². The Kier molecular flexibility index (Phi) is 4.33. The van der Waals surface area contributed by atoms with Gasteiger partial charge in [-0.25, -0.2) is 4.98 Å². The van der Waals surface area contributed by atoms with Gasteiger partial charge in [0.2, 0.25) is 0 Å². The predicted octanol–water partition coefficient (Wildman–Crippen LogP) is 4.62. The molecule has 0 unspecified atom stereocenters. The van der Waals surface area contributed by atoms with Crippen LogP contribution < -0.4 is 4.74 Å². The molecular formula is C24H26N2O. The maximum atomic E-state index is 5.52. The molecule has 2 aliphatic heterocycles. The molecule has 138 valence electrons. The molecule has 2 aromatic carbocycles. The summed E-state index contributed by atoms with van der Waals surface area (Å²) in [6, 6.07) is 20.1. The van der Waals surface area contributed by atoms with Crippen molar-refractivity contribution in [1.29, 1.82) is 0 Å². The zero-order chi connectivity index (χ0) is 18.2. The van der Waals surface area contributed by atoms with Crippen molar-refractivity contribution in [2.24, 2.45) is 5.92 Å². The number of fused-ring (bicyclic) bond motifs is 3. The summed E-state index contributed by atoms with van der Waals surface area (Å²) in [5, 5.41) is 1.14. The number of aromatic nitrogens is 1. The molecule has 3 heteroatoms. The Hall–Kier alpha value is -2.39. The molecule has 0 amide bonds. The number of methoxy groups -OCH3 is 1. The lowest BCUT2D eigenvalue weighted by Crippen LogP contribution is -2.46. The number of nitrogens with zero attached hydrogens (tertiary/aromatic N) is 2. The first-order valence-corrected chi connectivity index (χ1v) is 10.0. The Morgan fingerprint density at radius 3 is 2.67 bits per heavy atom. The molecule has 6 rings (SSSR count).